The van der Waals surface area contributed by atoms with Crippen molar-refractivity contribution in [2.45, 2.75) is 40.0 Å². The summed E-state index contributed by atoms with van der Waals surface area (Å²) in [5.41, 5.74) is 0.886. The summed E-state index contributed by atoms with van der Waals surface area (Å²) in [5, 5.41) is 4.40. The number of halogens is 3. The largest absolute Gasteiger partial charge is 0.473 e. The fraction of sp³-hybridized carbons (Fsp3) is 0.438. The van der Waals surface area contributed by atoms with E-state index in [1.807, 2.05) is 0 Å². The van der Waals surface area contributed by atoms with Gasteiger partial charge >= 0.3 is 0 Å². The fourth-order valence-corrected chi connectivity index (χ4v) is 2.20. The molecule has 7 heteroatoms. The van der Waals surface area contributed by atoms with Crippen molar-refractivity contribution < 1.29 is 13.5 Å². The van der Waals surface area contributed by atoms with Crippen LogP contribution in [-0.2, 0) is 19.7 Å². The van der Waals surface area contributed by atoms with Crippen molar-refractivity contribution in [3.63, 3.8) is 0 Å². The van der Waals surface area contributed by atoms with Crippen LogP contribution >= 0.6 is 11.8 Å². The molecule has 4 nitrogen and oxygen atoms in total. The van der Waals surface area contributed by atoms with Crippen LogP contribution in [0.3, 0.4) is 0 Å². The van der Waals surface area contributed by atoms with Crippen LogP contribution < -0.4 is 9.57 Å². The van der Waals surface area contributed by atoms with Crippen molar-refractivity contribution in [3.05, 3.63) is 47.2 Å². The van der Waals surface area contributed by atoms with Gasteiger partial charge in [0.05, 0.1) is 12.2 Å². The van der Waals surface area contributed by atoms with E-state index in [1.54, 1.807) is 10.7 Å². The van der Waals surface area contributed by atoms with Gasteiger partial charge in [-0.15, -0.1) is 0 Å². The first-order valence-corrected chi connectivity index (χ1v) is 7.84. The zero-order valence-corrected chi connectivity index (χ0v) is 13.9. The summed E-state index contributed by atoms with van der Waals surface area (Å²) in [5.74, 6) is 0.0335. The monoisotopic (exact) mass is 343 g/mol. The van der Waals surface area contributed by atoms with Gasteiger partial charge in [-0.3, -0.25) is 0 Å². The Morgan fingerprint density at radius 1 is 1.30 bits per heavy atom. The lowest BCUT2D eigenvalue weighted by atomic mass is 10.1. The third-order valence-corrected chi connectivity index (χ3v) is 3.48. The standard InChI is InChI=1S/C16H20ClF2N3O/c1-11(2)5-6-22-16(8-14(21-22)9-20-17)23-10-12-7-13(18)3-4-15(12)19/h3-4,7-8,11,20H,5-6,9-10H2,1-2H3. The summed E-state index contributed by atoms with van der Waals surface area (Å²) in [6, 6.07) is 5.04. The highest BCUT2D eigenvalue weighted by Crippen LogP contribution is 2.19. The third kappa shape index (κ3) is 5.18. The predicted molar refractivity (Wildman–Crippen MR) is 85.1 cm³/mol. The zero-order chi connectivity index (χ0) is 16.8. The lowest BCUT2D eigenvalue weighted by Crippen LogP contribution is -2.08. The molecule has 0 fully saturated rings. The van der Waals surface area contributed by atoms with E-state index in [1.165, 1.54) is 0 Å². The molecule has 0 aliphatic rings. The Labute approximate surface area is 139 Å². The first-order valence-electron chi connectivity index (χ1n) is 7.46. The van der Waals surface area contributed by atoms with E-state index in [2.05, 4.69) is 23.8 Å². The van der Waals surface area contributed by atoms with Crippen LogP contribution in [-0.4, -0.2) is 9.78 Å². The molecule has 0 radical (unpaired) electrons. The number of nitrogens with zero attached hydrogens (tertiary/aromatic N) is 2. The fourth-order valence-electron chi connectivity index (χ4n) is 2.07. The van der Waals surface area contributed by atoms with E-state index < -0.39 is 11.6 Å². The van der Waals surface area contributed by atoms with Gasteiger partial charge in [0.1, 0.15) is 18.2 Å². The Balaban J connectivity index is 2.11. The molecule has 23 heavy (non-hydrogen) atoms. The number of aryl methyl sites for hydroxylation is 1. The summed E-state index contributed by atoms with van der Waals surface area (Å²) in [6.45, 7) is 5.24. The number of benzene rings is 1. The van der Waals surface area contributed by atoms with Crippen LogP contribution in [0.15, 0.2) is 24.3 Å². The van der Waals surface area contributed by atoms with E-state index in [0.717, 1.165) is 30.3 Å². The highest BCUT2D eigenvalue weighted by molar-refractivity contribution is 6.13. The topological polar surface area (TPSA) is 39.1 Å². The second kappa shape index (κ2) is 8.26. The summed E-state index contributed by atoms with van der Waals surface area (Å²) in [4.78, 5) is 2.51. The molecule has 0 amide bonds. The molecule has 0 saturated carbocycles. The summed E-state index contributed by atoms with van der Waals surface area (Å²) in [6.07, 6.45) is 0.931. The molecular weight excluding hydrogens is 324 g/mol. The first kappa shape index (κ1) is 17.7. The Morgan fingerprint density at radius 3 is 2.78 bits per heavy atom. The van der Waals surface area contributed by atoms with Gasteiger partial charge in [0.25, 0.3) is 0 Å². The smallest absolute Gasteiger partial charge is 0.212 e. The van der Waals surface area contributed by atoms with E-state index in [4.69, 9.17) is 16.5 Å². The molecule has 2 aromatic rings. The van der Waals surface area contributed by atoms with E-state index >= 15 is 0 Å². The second-order valence-electron chi connectivity index (χ2n) is 5.71. The van der Waals surface area contributed by atoms with Gasteiger partial charge < -0.3 is 4.74 Å². The second-order valence-corrected chi connectivity index (χ2v) is 5.98. The maximum atomic E-state index is 13.7. The van der Waals surface area contributed by atoms with Crippen LogP contribution in [0.5, 0.6) is 5.88 Å². The molecular formula is C16H20ClF2N3O. The number of hydrogen-bond acceptors (Lipinski definition) is 3. The van der Waals surface area contributed by atoms with Crippen molar-refractivity contribution in [2.24, 2.45) is 5.92 Å². The molecule has 0 aliphatic carbocycles. The Morgan fingerprint density at radius 2 is 2.09 bits per heavy atom. The van der Waals surface area contributed by atoms with Crippen LogP contribution in [0.25, 0.3) is 0 Å². The molecule has 0 aliphatic heterocycles. The molecule has 126 valence electrons. The summed E-state index contributed by atoms with van der Waals surface area (Å²) < 4.78 is 34.2. The van der Waals surface area contributed by atoms with Crippen molar-refractivity contribution >= 4 is 11.8 Å². The van der Waals surface area contributed by atoms with Crippen LogP contribution in [0, 0.1) is 17.6 Å². The van der Waals surface area contributed by atoms with Crippen molar-refractivity contribution in [2.75, 3.05) is 0 Å². The number of ether oxygens (including phenoxy) is 1. The van der Waals surface area contributed by atoms with Crippen molar-refractivity contribution in [3.8, 4) is 5.88 Å². The van der Waals surface area contributed by atoms with Crippen LogP contribution in [0.1, 0.15) is 31.5 Å². The normalized spacial score (nSPS) is 11.2. The minimum atomic E-state index is -0.498. The van der Waals surface area contributed by atoms with Crippen LogP contribution in [0.4, 0.5) is 8.78 Å². The van der Waals surface area contributed by atoms with E-state index in [0.29, 0.717) is 24.9 Å². The minimum Gasteiger partial charge on any atom is -0.473 e. The van der Waals surface area contributed by atoms with Gasteiger partial charge in [-0.25, -0.2) is 18.3 Å². The van der Waals surface area contributed by atoms with Gasteiger partial charge in [0, 0.05) is 18.2 Å². The predicted octanol–water partition coefficient (Wildman–Crippen LogP) is 4.03. The number of nitrogens with one attached hydrogen (secondary N) is 1. The summed E-state index contributed by atoms with van der Waals surface area (Å²) >= 11 is 5.50. The number of aromatic nitrogens is 2. The molecule has 1 aromatic heterocycles. The molecule has 2 rings (SSSR count). The SMILES string of the molecule is CC(C)CCn1nc(CNCl)cc1OCc1cc(F)ccc1F. The van der Waals surface area contributed by atoms with E-state index in [9.17, 15) is 8.78 Å². The maximum Gasteiger partial charge on any atom is 0.212 e. The molecule has 1 aromatic carbocycles. The van der Waals surface area contributed by atoms with E-state index in [-0.39, 0.29) is 12.2 Å². The lowest BCUT2D eigenvalue weighted by molar-refractivity contribution is 0.263. The third-order valence-electron chi connectivity index (χ3n) is 3.34. The van der Waals surface area contributed by atoms with Gasteiger partial charge in [-0.05, 0) is 42.3 Å². The number of hydrogen-bond donors (Lipinski definition) is 1. The molecule has 0 saturated heterocycles. The summed E-state index contributed by atoms with van der Waals surface area (Å²) in [7, 11) is 0. The quantitative estimate of drug-likeness (QED) is 0.735. The van der Waals surface area contributed by atoms with Gasteiger partial charge in [-0.1, -0.05) is 13.8 Å². The maximum absolute atomic E-state index is 13.7. The Bertz CT molecular complexity index is 646. The Hall–Kier alpha value is -1.66. The van der Waals surface area contributed by atoms with Crippen molar-refractivity contribution in [1.82, 2.24) is 14.6 Å². The minimum absolute atomic E-state index is 0.0648. The average molecular weight is 344 g/mol. The highest BCUT2D eigenvalue weighted by Gasteiger charge is 2.11. The average Bonchev–Trinajstić information content (AvgIpc) is 2.88. The molecule has 0 bridgehead atoms. The molecule has 1 N–H and O–H groups in total. The van der Waals surface area contributed by atoms with Crippen LogP contribution in [0.2, 0.25) is 0 Å². The van der Waals surface area contributed by atoms with Gasteiger partial charge in [0.15, 0.2) is 0 Å². The Kier molecular flexibility index (Phi) is 6.36. The molecule has 0 unspecified atom stereocenters. The van der Waals surface area contributed by atoms with Crippen molar-refractivity contribution in [1.29, 1.82) is 0 Å². The molecule has 1 heterocycles. The molecule has 0 atom stereocenters. The lowest BCUT2D eigenvalue weighted by Gasteiger charge is -2.11. The van der Waals surface area contributed by atoms with Gasteiger partial charge in [0.2, 0.25) is 5.88 Å². The highest BCUT2D eigenvalue weighted by atomic mass is 35.5. The zero-order valence-electron chi connectivity index (χ0n) is 13.2. The van der Waals surface area contributed by atoms with Gasteiger partial charge in [-0.2, -0.15) is 5.10 Å². The first-order chi connectivity index (χ1) is 11.0. The molecule has 0 spiro atoms. The number of rotatable bonds is 8.